The molecule has 0 aliphatic heterocycles. The van der Waals surface area contributed by atoms with Crippen LogP contribution >= 0.6 is 0 Å². The Bertz CT molecular complexity index is 564. The minimum Gasteiger partial charge on any atom is -0.434 e. The molecule has 0 aromatic heterocycles. The number of hydrogen-bond donors (Lipinski definition) is 0. The summed E-state index contributed by atoms with van der Waals surface area (Å²) in [5, 5.41) is 0. The van der Waals surface area contributed by atoms with Gasteiger partial charge in [0.25, 0.3) is 0 Å². The molecule has 1 fully saturated rings. The molecular weight excluding hydrogens is 468 g/mol. The maximum Gasteiger partial charge on any atom is 0.508 e. The molecule has 3 atom stereocenters. The van der Waals surface area contributed by atoms with Gasteiger partial charge in [0.1, 0.15) is 12.2 Å². The number of rotatable bonds is 21. The first-order chi connectivity index (χ1) is 18.0. The van der Waals surface area contributed by atoms with E-state index in [0.29, 0.717) is 32.0 Å². The molecular formula is C31H58O6. The molecule has 1 saturated carbocycles. The van der Waals surface area contributed by atoms with Crippen molar-refractivity contribution in [1.82, 2.24) is 0 Å². The second kappa shape index (κ2) is 22.5. The zero-order valence-corrected chi connectivity index (χ0v) is 24.6. The van der Waals surface area contributed by atoms with Crippen LogP contribution in [0.2, 0.25) is 0 Å². The van der Waals surface area contributed by atoms with E-state index in [0.717, 1.165) is 50.9 Å². The molecule has 0 spiro atoms. The summed E-state index contributed by atoms with van der Waals surface area (Å²) < 4.78 is 21.9. The summed E-state index contributed by atoms with van der Waals surface area (Å²) in [6.07, 6.45) is 18.8. The van der Waals surface area contributed by atoms with Crippen LogP contribution in [0.1, 0.15) is 150 Å². The third kappa shape index (κ3) is 18.4. The lowest BCUT2D eigenvalue weighted by Crippen LogP contribution is -2.38. The van der Waals surface area contributed by atoms with E-state index in [9.17, 15) is 9.59 Å². The molecule has 1 rings (SSSR count). The zero-order valence-electron chi connectivity index (χ0n) is 24.6. The van der Waals surface area contributed by atoms with Gasteiger partial charge in [0.05, 0.1) is 13.2 Å². The van der Waals surface area contributed by atoms with Gasteiger partial charge in [0.15, 0.2) is 0 Å². The summed E-state index contributed by atoms with van der Waals surface area (Å²) in [4.78, 5) is 24.6. The molecule has 218 valence electrons. The number of unbranched alkanes of at least 4 members (excludes halogenated alkanes) is 9. The lowest BCUT2D eigenvalue weighted by atomic mass is 9.94. The quantitative estimate of drug-likeness (QED) is 0.109. The third-order valence-corrected chi connectivity index (χ3v) is 7.38. The number of ether oxygens (including phenoxy) is 4. The minimum absolute atomic E-state index is 0.379. The fourth-order valence-corrected chi connectivity index (χ4v) is 5.11. The van der Waals surface area contributed by atoms with Crippen molar-refractivity contribution in [3.05, 3.63) is 0 Å². The predicted octanol–water partition coefficient (Wildman–Crippen LogP) is 9.77. The average molecular weight is 527 g/mol. The van der Waals surface area contributed by atoms with E-state index in [1.165, 1.54) is 64.2 Å². The first kappa shape index (κ1) is 33.6. The monoisotopic (exact) mass is 526 g/mol. The van der Waals surface area contributed by atoms with Crippen LogP contribution in [-0.4, -0.2) is 37.7 Å². The summed E-state index contributed by atoms with van der Waals surface area (Å²) in [6, 6.07) is 0. The van der Waals surface area contributed by atoms with Crippen LogP contribution in [0.25, 0.3) is 0 Å². The Morgan fingerprint density at radius 1 is 0.649 bits per heavy atom. The van der Waals surface area contributed by atoms with Crippen LogP contribution in [0.4, 0.5) is 9.59 Å². The molecule has 0 N–H and O–H groups in total. The normalized spacial score (nSPS) is 18.4. The number of carbonyl (C=O) groups is 2. The van der Waals surface area contributed by atoms with Crippen LogP contribution in [0, 0.1) is 11.8 Å². The van der Waals surface area contributed by atoms with Gasteiger partial charge in [-0.25, -0.2) is 9.59 Å². The first-order valence-electron chi connectivity index (χ1n) is 15.6. The van der Waals surface area contributed by atoms with Gasteiger partial charge in [-0.1, -0.05) is 105 Å². The van der Waals surface area contributed by atoms with Gasteiger partial charge in [-0.05, 0) is 56.8 Å². The Kier molecular flexibility index (Phi) is 20.4. The summed E-state index contributed by atoms with van der Waals surface area (Å²) in [6.45, 7) is 9.70. The molecule has 0 aromatic carbocycles. The average Bonchev–Trinajstić information content (AvgIpc) is 2.87. The van der Waals surface area contributed by atoms with E-state index in [4.69, 9.17) is 18.9 Å². The van der Waals surface area contributed by atoms with E-state index in [1.807, 2.05) is 0 Å². The Hall–Kier alpha value is -1.46. The molecule has 0 radical (unpaired) electrons. The van der Waals surface area contributed by atoms with Gasteiger partial charge in [-0.15, -0.1) is 0 Å². The standard InChI is InChI=1S/C31H58O6/c1-5-7-14-21-27(19-6-2)25-35-31(33)37-29-23-17-16-22-28(29)36-30(32)34-24-18-13-11-9-8-10-12-15-20-26(3)4/h26-29H,5-25H2,1-4H3. The maximum atomic E-state index is 12.4. The Morgan fingerprint density at radius 2 is 1.19 bits per heavy atom. The maximum absolute atomic E-state index is 12.4. The molecule has 0 aromatic rings. The lowest BCUT2D eigenvalue weighted by Gasteiger charge is -2.30. The number of hydrogen-bond acceptors (Lipinski definition) is 6. The minimum atomic E-state index is -0.655. The van der Waals surface area contributed by atoms with Crippen molar-refractivity contribution in [2.75, 3.05) is 13.2 Å². The second-order valence-electron chi connectivity index (χ2n) is 11.4. The lowest BCUT2D eigenvalue weighted by molar-refractivity contribution is -0.0730. The van der Waals surface area contributed by atoms with Gasteiger partial charge < -0.3 is 18.9 Å². The van der Waals surface area contributed by atoms with Crippen LogP contribution in [0.15, 0.2) is 0 Å². The topological polar surface area (TPSA) is 71.1 Å². The van der Waals surface area contributed by atoms with E-state index in [1.54, 1.807) is 0 Å². The van der Waals surface area contributed by atoms with E-state index < -0.39 is 24.5 Å². The molecule has 0 bridgehead atoms. The van der Waals surface area contributed by atoms with E-state index >= 15 is 0 Å². The zero-order chi connectivity index (χ0) is 27.1. The third-order valence-electron chi connectivity index (χ3n) is 7.38. The smallest absolute Gasteiger partial charge is 0.434 e. The number of carbonyl (C=O) groups excluding carboxylic acids is 2. The first-order valence-corrected chi connectivity index (χ1v) is 15.6. The molecule has 3 unspecified atom stereocenters. The highest BCUT2D eigenvalue weighted by Crippen LogP contribution is 2.25. The highest BCUT2D eigenvalue weighted by atomic mass is 16.8. The molecule has 0 heterocycles. The van der Waals surface area contributed by atoms with Gasteiger partial charge in [0.2, 0.25) is 0 Å². The highest BCUT2D eigenvalue weighted by molar-refractivity contribution is 5.61. The van der Waals surface area contributed by atoms with E-state index in [2.05, 4.69) is 27.7 Å². The molecule has 1 aliphatic carbocycles. The van der Waals surface area contributed by atoms with Crippen molar-refractivity contribution in [2.45, 2.75) is 162 Å². The van der Waals surface area contributed by atoms with Gasteiger partial charge in [0, 0.05) is 0 Å². The highest BCUT2D eigenvalue weighted by Gasteiger charge is 2.32. The van der Waals surface area contributed by atoms with Crippen LogP contribution in [0.5, 0.6) is 0 Å². The van der Waals surface area contributed by atoms with Gasteiger partial charge in [-0.3, -0.25) is 0 Å². The van der Waals surface area contributed by atoms with Crippen molar-refractivity contribution in [3.8, 4) is 0 Å². The Morgan fingerprint density at radius 3 is 1.76 bits per heavy atom. The Labute approximate surface area is 227 Å². The van der Waals surface area contributed by atoms with E-state index in [-0.39, 0.29) is 0 Å². The molecule has 0 saturated heterocycles. The summed E-state index contributed by atoms with van der Waals surface area (Å²) >= 11 is 0. The molecule has 6 nitrogen and oxygen atoms in total. The van der Waals surface area contributed by atoms with Crippen molar-refractivity contribution in [2.24, 2.45) is 11.8 Å². The SMILES string of the molecule is CCCCCC(CCC)COC(=O)OC1CCCCC1OC(=O)OCCCCCCCCCCC(C)C. The fraction of sp³-hybridized carbons (Fsp3) is 0.935. The summed E-state index contributed by atoms with van der Waals surface area (Å²) in [5.74, 6) is 1.19. The van der Waals surface area contributed by atoms with Crippen molar-refractivity contribution >= 4 is 12.3 Å². The largest absolute Gasteiger partial charge is 0.508 e. The van der Waals surface area contributed by atoms with Crippen LogP contribution in [0.3, 0.4) is 0 Å². The van der Waals surface area contributed by atoms with Crippen molar-refractivity contribution in [3.63, 3.8) is 0 Å². The molecule has 0 amide bonds. The summed E-state index contributed by atoms with van der Waals surface area (Å²) in [5.41, 5.74) is 0. The van der Waals surface area contributed by atoms with Crippen molar-refractivity contribution < 1.29 is 28.5 Å². The molecule has 37 heavy (non-hydrogen) atoms. The fourth-order valence-electron chi connectivity index (χ4n) is 5.11. The van der Waals surface area contributed by atoms with Crippen LogP contribution in [-0.2, 0) is 18.9 Å². The predicted molar refractivity (Wildman–Crippen MR) is 150 cm³/mol. The summed E-state index contributed by atoms with van der Waals surface area (Å²) in [7, 11) is 0. The van der Waals surface area contributed by atoms with Crippen molar-refractivity contribution in [1.29, 1.82) is 0 Å². The van der Waals surface area contributed by atoms with Crippen LogP contribution < -0.4 is 0 Å². The Balaban J connectivity index is 2.19. The van der Waals surface area contributed by atoms with Gasteiger partial charge in [-0.2, -0.15) is 0 Å². The molecule has 1 aliphatic rings. The second-order valence-corrected chi connectivity index (χ2v) is 11.4. The molecule has 6 heteroatoms. The van der Waals surface area contributed by atoms with Gasteiger partial charge >= 0.3 is 12.3 Å².